The largest absolute Gasteiger partial charge is 0.300 e. The molecular weight excluding hydrogens is 272 g/mol. The second-order valence-electron chi connectivity index (χ2n) is 7.19. The maximum atomic E-state index is 11.2. The predicted octanol–water partition coefficient (Wildman–Crippen LogP) is 3.66. The highest BCUT2D eigenvalue weighted by molar-refractivity contribution is 6.07. The monoisotopic (exact) mass is 294 g/mol. The van der Waals surface area contributed by atoms with Crippen molar-refractivity contribution in [3.63, 3.8) is 0 Å². The Kier molecular flexibility index (Phi) is 3.24. The molecule has 2 aliphatic carbocycles. The van der Waals surface area contributed by atoms with Crippen LogP contribution in [-0.4, -0.2) is 17.2 Å². The van der Waals surface area contributed by atoms with Crippen molar-refractivity contribution in [2.24, 2.45) is 33.9 Å². The molecule has 1 heterocycles. The number of fused-ring (bicyclic) bond motifs is 5. The van der Waals surface area contributed by atoms with Crippen LogP contribution >= 0.6 is 0 Å². The quantitative estimate of drug-likeness (QED) is 0.838. The molecule has 4 unspecified atom stereocenters. The summed E-state index contributed by atoms with van der Waals surface area (Å²) in [6.07, 6.45) is 4.58. The first-order chi connectivity index (χ1) is 10.6. The van der Waals surface area contributed by atoms with Crippen molar-refractivity contribution in [1.82, 2.24) is 0 Å². The average Bonchev–Trinajstić information content (AvgIpc) is 3.10. The highest BCUT2D eigenvalue weighted by Gasteiger charge is 2.51. The first-order valence-corrected chi connectivity index (χ1v) is 8.34. The number of hydrogen-bond acceptors (Lipinski definition) is 3. The van der Waals surface area contributed by atoms with E-state index in [2.05, 4.69) is 41.4 Å². The van der Waals surface area contributed by atoms with E-state index >= 15 is 0 Å². The summed E-state index contributed by atoms with van der Waals surface area (Å²) in [5.41, 5.74) is 4.68. The van der Waals surface area contributed by atoms with Gasteiger partial charge in [-0.2, -0.15) is 10.2 Å². The molecule has 3 nitrogen and oxygen atoms in total. The molecule has 1 aromatic carbocycles. The SMILES string of the molecule is CC(=O)Cc1ccc(C2=NN=C(C)C3C4CCC(C4)C23)cc1. The summed E-state index contributed by atoms with van der Waals surface area (Å²) < 4.78 is 0. The van der Waals surface area contributed by atoms with Crippen molar-refractivity contribution >= 4 is 17.2 Å². The molecule has 0 saturated heterocycles. The first kappa shape index (κ1) is 13.9. The molecule has 2 fully saturated rings. The van der Waals surface area contributed by atoms with Gasteiger partial charge in [0.1, 0.15) is 5.78 Å². The van der Waals surface area contributed by atoms with Gasteiger partial charge in [0.15, 0.2) is 0 Å². The Hall–Kier alpha value is -1.77. The highest BCUT2D eigenvalue weighted by Crippen LogP contribution is 2.54. The van der Waals surface area contributed by atoms with Gasteiger partial charge in [-0.15, -0.1) is 0 Å². The van der Waals surface area contributed by atoms with Crippen molar-refractivity contribution in [3.05, 3.63) is 35.4 Å². The zero-order chi connectivity index (χ0) is 15.3. The first-order valence-electron chi connectivity index (χ1n) is 8.34. The smallest absolute Gasteiger partial charge is 0.134 e. The number of hydrogen-bond donors (Lipinski definition) is 0. The van der Waals surface area contributed by atoms with Crippen molar-refractivity contribution in [2.75, 3.05) is 0 Å². The molecule has 0 radical (unpaired) electrons. The standard InChI is InChI=1S/C19H22N2O/c1-11(22)9-13-3-5-14(6-4-13)19-18-16-8-7-15(10-16)17(18)12(2)20-21-19/h3-6,15-18H,7-10H2,1-2H3. The van der Waals surface area contributed by atoms with Crippen molar-refractivity contribution in [1.29, 1.82) is 0 Å². The predicted molar refractivity (Wildman–Crippen MR) is 88.3 cm³/mol. The molecule has 0 N–H and O–H groups in total. The zero-order valence-corrected chi connectivity index (χ0v) is 13.2. The van der Waals surface area contributed by atoms with Crippen LogP contribution in [0.25, 0.3) is 0 Å². The lowest BCUT2D eigenvalue weighted by molar-refractivity contribution is -0.116. The van der Waals surface area contributed by atoms with Crippen LogP contribution in [-0.2, 0) is 11.2 Å². The van der Waals surface area contributed by atoms with Gasteiger partial charge < -0.3 is 0 Å². The third-order valence-electron chi connectivity index (χ3n) is 5.73. The number of carbonyl (C=O) groups is 1. The molecule has 4 rings (SSSR count). The topological polar surface area (TPSA) is 41.8 Å². The lowest BCUT2D eigenvalue weighted by Crippen LogP contribution is -2.36. The molecular formula is C19H22N2O. The zero-order valence-electron chi connectivity index (χ0n) is 13.2. The number of ketones is 1. The molecule has 0 aromatic heterocycles. The molecule has 3 heteroatoms. The van der Waals surface area contributed by atoms with Crippen LogP contribution in [0.1, 0.15) is 44.2 Å². The van der Waals surface area contributed by atoms with Crippen LogP contribution in [0.5, 0.6) is 0 Å². The van der Waals surface area contributed by atoms with Crippen LogP contribution in [0.3, 0.4) is 0 Å². The fraction of sp³-hybridized carbons (Fsp3) is 0.526. The van der Waals surface area contributed by atoms with Gasteiger partial charge in [-0.3, -0.25) is 4.79 Å². The minimum Gasteiger partial charge on any atom is -0.300 e. The Morgan fingerprint density at radius 2 is 1.77 bits per heavy atom. The van der Waals surface area contributed by atoms with E-state index < -0.39 is 0 Å². The normalized spacial score (nSPS) is 32.5. The van der Waals surface area contributed by atoms with Crippen LogP contribution in [0.2, 0.25) is 0 Å². The van der Waals surface area contributed by atoms with Crippen LogP contribution in [0, 0.1) is 23.7 Å². The van der Waals surface area contributed by atoms with Gasteiger partial charge in [-0.05, 0) is 56.1 Å². The van der Waals surface area contributed by atoms with E-state index in [-0.39, 0.29) is 5.78 Å². The van der Waals surface area contributed by atoms with Crippen LogP contribution in [0.15, 0.2) is 34.5 Å². The lowest BCUT2D eigenvalue weighted by atomic mass is 9.72. The Bertz CT molecular complexity index is 671. The summed E-state index contributed by atoms with van der Waals surface area (Å²) in [6.45, 7) is 3.78. The molecule has 4 atom stereocenters. The Balaban J connectivity index is 1.65. The van der Waals surface area contributed by atoms with Gasteiger partial charge >= 0.3 is 0 Å². The summed E-state index contributed by atoms with van der Waals surface area (Å²) in [5.74, 6) is 2.99. The van der Waals surface area contributed by atoms with Crippen LogP contribution < -0.4 is 0 Å². The van der Waals surface area contributed by atoms with Gasteiger partial charge in [-0.1, -0.05) is 24.3 Å². The summed E-state index contributed by atoms with van der Waals surface area (Å²) in [5, 5.41) is 9.04. The van der Waals surface area contributed by atoms with Crippen LogP contribution in [0.4, 0.5) is 0 Å². The Labute approximate surface area is 131 Å². The van der Waals surface area contributed by atoms with Gasteiger partial charge in [0.2, 0.25) is 0 Å². The van der Waals surface area contributed by atoms with E-state index in [0.29, 0.717) is 18.3 Å². The summed E-state index contributed by atoms with van der Waals surface area (Å²) in [7, 11) is 0. The maximum absolute atomic E-state index is 11.2. The number of Topliss-reactive ketones (excluding diaryl/α,β-unsaturated/α-hetero) is 1. The highest BCUT2D eigenvalue weighted by atomic mass is 16.1. The molecule has 0 spiro atoms. The van der Waals surface area contributed by atoms with E-state index in [4.69, 9.17) is 0 Å². The van der Waals surface area contributed by atoms with E-state index in [9.17, 15) is 4.79 Å². The minimum atomic E-state index is 0.205. The van der Waals surface area contributed by atoms with E-state index in [0.717, 1.165) is 17.4 Å². The molecule has 2 bridgehead atoms. The molecule has 114 valence electrons. The number of benzene rings is 1. The van der Waals surface area contributed by atoms with E-state index in [1.54, 1.807) is 6.92 Å². The van der Waals surface area contributed by atoms with Crippen molar-refractivity contribution in [2.45, 2.75) is 39.5 Å². The number of nitrogens with zero attached hydrogens (tertiary/aromatic N) is 2. The second kappa shape index (κ2) is 5.15. The van der Waals surface area contributed by atoms with Gasteiger partial charge in [-0.25, -0.2) is 0 Å². The average molecular weight is 294 g/mol. The molecule has 1 aliphatic heterocycles. The Morgan fingerprint density at radius 1 is 1.09 bits per heavy atom. The number of rotatable bonds is 3. The fourth-order valence-corrected chi connectivity index (χ4v) is 4.88. The molecule has 1 aromatic rings. The molecule has 2 saturated carbocycles. The second-order valence-corrected chi connectivity index (χ2v) is 7.19. The maximum Gasteiger partial charge on any atom is 0.134 e. The summed E-state index contributed by atoms with van der Waals surface area (Å²) >= 11 is 0. The van der Waals surface area contributed by atoms with E-state index in [1.807, 2.05) is 0 Å². The molecule has 22 heavy (non-hydrogen) atoms. The third-order valence-corrected chi connectivity index (χ3v) is 5.73. The Morgan fingerprint density at radius 3 is 2.45 bits per heavy atom. The van der Waals surface area contributed by atoms with Crippen molar-refractivity contribution in [3.8, 4) is 0 Å². The van der Waals surface area contributed by atoms with E-state index in [1.165, 1.54) is 36.2 Å². The summed E-state index contributed by atoms with van der Waals surface area (Å²) in [6, 6.07) is 8.37. The van der Waals surface area contributed by atoms with Gasteiger partial charge in [0, 0.05) is 24.0 Å². The van der Waals surface area contributed by atoms with Gasteiger partial charge in [0.25, 0.3) is 0 Å². The van der Waals surface area contributed by atoms with Gasteiger partial charge in [0.05, 0.1) is 5.71 Å². The third kappa shape index (κ3) is 2.15. The molecule has 0 amide bonds. The van der Waals surface area contributed by atoms with Crippen molar-refractivity contribution < 1.29 is 4.79 Å². The fourth-order valence-electron chi connectivity index (χ4n) is 4.88. The molecule has 3 aliphatic rings. The summed E-state index contributed by atoms with van der Waals surface area (Å²) in [4.78, 5) is 11.2. The minimum absolute atomic E-state index is 0.205. The number of carbonyl (C=O) groups excluding carboxylic acids is 1. The lowest BCUT2D eigenvalue weighted by Gasteiger charge is -2.34.